The third-order valence-electron chi connectivity index (χ3n) is 4.36. The highest BCUT2D eigenvalue weighted by molar-refractivity contribution is 7.17. The van der Waals surface area contributed by atoms with Gasteiger partial charge in [-0.1, -0.05) is 0 Å². The van der Waals surface area contributed by atoms with Crippen LogP contribution in [0.2, 0.25) is 0 Å². The highest BCUT2D eigenvalue weighted by Gasteiger charge is 2.28. The normalized spacial score (nSPS) is 12.5. The molecule has 2 heterocycles. The van der Waals surface area contributed by atoms with Crippen LogP contribution in [-0.2, 0) is 27.2 Å². The summed E-state index contributed by atoms with van der Waals surface area (Å²) in [6, 6.07) is 3.37. The number of pyridine rings is 1. The molecule has 0 unspecified atom stereocenters. The van der Waals surface area contributed by atoms with Gasteiger partial charge in [-0.05, 0) is 43.4 Å². The lowest BCUT2D eigenvalue weighted by atomic mass is 10.0. The van der Waals surface area contributed by atoms with Crippen LogP contribution >= 0.6 is 11.3 Å². The van der Waals surface area contributed by atoms with Gasteiger partial charge in [-0.25, -0.2) is 0 Å². The van der Waals surface area contributed by atoms with Crippen molar-refractivity contribution in [3.8, 4) is 0 Å². The van der Waals surface area contributed by atoms with Gasteiger partial charge in [0, 0.05) is 35.7 Å². The van der Waals surface area contributed by atoms with Crippen LogP contribution in [0.25, 0.3) is 0 Å². The van der Waals surface area contributed by atoms with Gasteiger partial charge in [0.15, 0.2) is 5.78 Å². The summed E-state index contributed by atoms with van der Waals surface area (Å²) in [4.78, 5) is 41.5. The number of nitrogens with one attached hydrogen (secondary N) is 1. The van der Waals surface area contributed by atoms with Crippen molar-refractivity contribution in [1.29, 1.82) is 0 Å². The number of thiophene rings is 1. The highest BCUT2D eigenvalue weighted by Crippen LogP contribution is 2.40. The Balaban J connectivity index is 1.77. The summed E-state index contributed by atoms with van der Waals surface area (Å²) in [7, 11) is 1.33. The zero-order valence-electron chi connectivity index (χ0n) is 14.5. The van der Waals surface area contributed by atoms with E-state index < -0.39 is 0 Å². The number of hydrogen-bond donors (Lipinski definition) is 1. The van der Waals surface area contributed by atoms with Gasteiger partial charge in [-0.2, -0.15) is 0 Å². The molecule has 0 aromatic carbocycles. The lowest BCUT2D eigenvalue weighted by Gasteiger charge is -2.08. The summed E-state index contributed by atoms with van der Waals surface area (Å²) < 4.78 is 4.57. The summed E-state index contributed by atoms with van der Waals surface area (Å²) in [6.45, 7) is 0. The van der Waals surface area contributed by atoms with E-state index in [-0.39, 0.29) is 30.5 Å². The standard InChI is InChI=1S/C19H20N2O4S/c1-25-16(23)7-3-6-15(22)21-19-17(13-4-2-5-14(13)26-19)18(24)12-8-10-20-11-9-12/h8-11H,2-7H2,1H3,(H,21,22). The van der Waals surface area contributed by atoms with E-state index in [0.717, 1.165) is 24.8 Å². The SMILES string of the molecule is COC(=O)CCCC(=O)Nc1sc2c(c1C(=O)c1ccncc1)CCC2. The molecule has 0 saturated heterocycles. The maximum absolute atomic E-state index is 13.0. The highest BCUT2D eigenvalue weighted by atomic mass is 32.1. The fraction of sp³-hybridized carbons (Fsp3) is 0.368. The molecule has 3 rings (SSSR count). The van der Waals surface area contributed by atoms with Crippen LogP contribution in [0.1, 0.15) is 52.0 Å². The Morgan fingerprint density at radius 2 is 1.96 bits per heavy atom. The lowest BCUT2D eigenvalue weighted by Crippen LogP contribution is -2.14. The first kappa shape index (κ1) is 18.3. The first-order valence-electron chi connectivity index (χ1n) is 8.56. The number of methoxy groups -OCH3 is 1. The summed E-state index contributed by atoms with van der Waals surface area (Å²) >= 11 is 1.48. The van der Waals surface area contributed by atoms with Gasteiger partial charge in [0.25, 0.3) is 0 Å². The van der Waals surface area contributed by atoms with E-state index in [2.05, 4.69) is 15.0 Å². The Kier molecular flexibility index (Phi) is 5.78. The number of carbonyl (C=O) groups is 3. The molecule has 0 saturated carbocycles. The molecule has 2 aromatic rings. The number of ketones is 1. The van der Waals surface area contributed by atoms with Gasteiger partial charge in [0.2, 0.25) is 5.91 Å². The number of aromatic nitrogens is 1. The zero-order valence-corrected chi connectivity index (χ0v) is 15.4. The predicted octanol–water partition coefficient (Wildman–Crippen LogP) is 3.14. The summed E-state index contributed by atoms with van der Waals surface area (Å²) in [6.07, 6.45) is 6.83. The number of ether oxygens (including phenoxy) is 1. The van der Waals surface area contributed by atoms with Crippen LogP contribution in [0.4, 0.5) is 5.00 Å². The molecule has 0 spiro atoms. The van der Waals surface area contributed by atoms with Crippen molar-refractivity contribution in [2.24, 2.45) is 0 Å². The molecule has 0 radical (unpaired) electrons. The monoisotopic (exact) mass is 372 g/mol. The molecule has 7 heteroatoms. The molecular weight excluding hydrogens is 352 g/mol. The molecule has 6 nitrogen and oxygen atoms in total. The summed E-state index contributed by atoms with van der Waals surface area (Å²) in [5.41, 5.74) is 2.23. The largest absolute Gasteiger partial charge is 0.469 e. The van der Waals surface area contributed by atoms with Gasteiger partial charge in [-0.3, -0.25) is 19.4 Å². The first-order valence-corrected chi connectivity index (χ1v) is 9.37. The number of carbonyl (C=O) groups excluding carboxylic acids is 3. The molecule has 1 amide bonds. The first-order chi connectivity index (χ1) is 12.6. The van der Waals surface area contributed by atoms with Crippen molar-refractivity contribution in [3.05, 3.63) is 46.1 Å². The summed E-state index contributed by atoms with van der Waals surface area (Å²) in [5, 5.41) is 3.48. The Morgan fingerprint density at radius 1 is 1.19 bits per heavy atom. The second-order valence-corrected chi connectivity index (χ2v) is 7.21. The minimum atomic E-state index is -0.332. The van der Waals surface area contributed by atoms with E-state index in [0.29, 0.717) is 22.5 Å². The number of aryl methyl sites for hydroxylation is 1. The van der Waals surface area contributed by atoms with E-state index in [9.17, 15) is 14.4 Å². The van der Waals surface area contributed by atoms with Gasteiger partial charge in [0.1, 0.15) is 5.00 Å². The molecule has 0 fully saturated rings. The lowest BCUT2D eigenvalue weighted by molar-refractivity contribution is -0.140. The van der Waals surface area contributed by atoms with Crippen LogP contribution in [-0.4, -0.2) is 29.8 Å². The minimum absolute atomic E-state index is 0.0864. The molecule has 2 aromatic heterocycles. The second kappa shape index (κ2) is 8.23. The smallest absolute Gasteiger partial charge is 0.305 e. The molecule has 1 aliphatic carbocycles. The molecule has 0 aliphatic heterocycles. The van der Waals surface area contributed by atoms with Crippen molar-refractivity contribution in [1.82, 2.24) is 4.98 Å². The number of hydrogen-bond acceptors (Lipinski definition) is 6. The second-order valence-electron chi connectivity index (χ2n) is 6.10. The number of amides is 1. The van der Waals surface area contributed by atoms with E-state index >= 15 is 0 Å². The third-order valence-corrected chi connectivity index (χ3v) is 5.56. The van der Waals surface area contributed by atoms with E-state index in [1.54, 1.807) is 24.5 Å². The number of rotatable bonds is 7. The Labute approximate surface area is 155 Å². The third kappa shape index (κ3) is 3.99. The Hall–Kier alpha value is -2.54. The van der Waals surface area contributed by atoms with Crippen molar-refractivity contribution >= 4 is 34.0 Å². The number of esters is 1. The molecule has 1 aliphatic rings. The molecule has 136 valence electrons. The topological polar surface area (TPSA) is 85.4 Å². The maximum atomic E-state index is 13.0. The number of anilines is 1. The fourth-order valence-corrected chi connectivity index (χ4v) is 4.37. The van der Waals surface area contributed by atoms with E-state index in [1.807, 2.05) is 0 Å². The van der Waals surface area contributed by atoms with E-state index in [1.165, 1.54) is 23.3 Å². The van der Waals surface area contributed by atoms with Crippen LogP contribution < -0.4 is 5.32 Å². The molecule has 0 atom stereocenters. The van der Waals surface area contributed by atoms with Gasteiger partial charge in [-0.15, -0.1) is 11.3 Å². The Bertz CT molecular complexity index is 830. The average Bonchev–Trinajstić information content (AvgIpc) is 3.22. The maximum Gasteiger partial charge on any atom is 0.305 e. The molecular formula is C19H20N2O4S. The van der Waals surface area contributed by atoms with Gasteiger partial charge >= 0.3 is 5.97 Å². The Morgan fingerprint density at radius 3 is 2.69 bits per heavy atom. The number of fused-ring (bicyclic) bond motifs is 1. The van der Waals surface area contributed by atoms with E-state index in [4.69, 9.17) is 0 Å². The molecule has 26 heavy (non-hydrogen) atoms. The van der Waals surface area contributed by atoms with Crippen molar-refractivity contribution in [3.63, 3.8) is 0 Å². The van der Waals surface area contributed by atoms with Crippen LogP contribution in [0.3, 0.4) is 0 Å². The number of nitrogens with zero attached hydrogens (tertiary/aromatic N) is 1. The zero-order chi connectivity index (χ0) is 18.5. The van der Waals surface area contributed by atoms with Crippen molar-refractivity contribution in [2.75, 3.05) is 12.4 Å². The minimum Gasteiger partial charge on any atom is -0.469 e. The van der Waals surface area contributed by atoms with Gasteiger partial charge < -0.3 is 10.1 Å². The summed E-state index contributed by atoms with van der Waals surface area (Å²) in [5.74, 6) is -0.615. The van der Waals surface area contributed by atoms with Crippen LogP contribution in [0.15, 0.2) is 24.5 Å². The van der Waals surface area contributed by atoms with Crippen molar-refractivity contribution < 1.29 is 19.1 Å². The average molecular weight is 372 g/mol. The van der Waals surface area contributed by atoms with Crippen LogP contribution in [0.5, 0.6) is 0 Å². The van der Waals surface area contributed by atoms with Crippen molar-refractivity contribution in [2.45, 2.75) is 38.5 Å². The predicted molar refractivity (Wildman–Crippen MR) is 98.5 cm³/mol. The quantitative estimate of drug-likeness (QED) is 0.596. The van der Waals surface area contributed by atoms with Crippen LogP contribution in [0, 0.1) is 0 Å². The van der Waals surface area contributed by atoms with Gasteiger partial charge in [0.05, 0.1) is 12.7 Å². The fourth-order valence-electron chi connectivity index (χ4n) is 3.06. The molecule has 1 N–H and O–H groups in total. The molecule has 0 bridgehead atoms.